The second kappa shape index (κ2) is 6.64. The Bertz CT molecular complexity index is 839. The lowest BCUT2D eigenvalue weighted by Crippen LogP contribution is -2.30. The lowest BCUT2D eigenvalue weighted by molar-refractivity contribution is -0.120. The molecule has 3 rings (SSSR count). The molecule has 0 aliphatic carbocycles. The molecule has 2 N–H and O–H groups in total. The molecule has 1 amide bonds. The van der Waals surface area contributed by atoms with E-state index in [0.29, 0.717) is 21.9 Å². The predicted molar refractivity (Wildman–Crippen MR) is 91.7 cm³/mol. The summed E-state index contributed by atoms with van der Waals surface area (Å²) in [6, 6.07) is 5.68. The minimum absolute atomic E-state index is 0.0766. The lowest BCUT2D eigenvalue weighted by atomic mass is 10.4. The SMILES string of the molecule is CC(Sc1nc2sccc2c(=O)[nH]1)C(=O)NCc1cccs1. The molecule has 0 fully saturated rings. The number of carbonyl (C=O) groups excluding carboxylic acids is 1. The Morgan fingerprint density at radius 1 is 1.41 bits per heavy atom. The molecule has 5 nitrogen and oxygen atoms in total. The summed E-state index contributed by atoms with van der Waals surface area (Å²) in [4.78, 5) is 32.9. The highest BCUT2D eigenvalue weighted by molar-refractivity contribution is 8.00. The molecule has 0 aliphatic rings. The molecule has 0 bridgehead atoms. The van der Waals surface area contributed by atoms with Crippen molar-refractivity contribution in [3.8, 4) is 0 Å². The first-order valence-electron chi connectivity index (χ1n) is 6.58. The summed E-state index contributed by atoms with van der Waals surface area (Å²) < 4.78 is 0. The van der Waals surface area contributed by atoms with Gasteiger partial charge < -0.3 is 10.3 Å². The van der Waals surface area contributed by atoms with Crippen molar-refractivity contribution in [3.05, 3.63) is 44.2 Å². The van der Waals surface area contributed by atoms with E-state index < -0.39 is 0 Å². The van der Waals surface area contributed by atoms with Crippen molar-refractivity contribution in [2.45, 2.75) is 23.9 Å². The van der Waals surface area contributed by atoms with Crippen molar-refractivity contribution >= 4 is 50.6 Å². The highest BCUT2D eigenvalue weighted by Gasteiger charge is 2.16. The fraction of sp³-hybridized carbons (Fsp3) is 0.214. The number of thiophene rings is 2. The summed E-state index contributed by atoms with van der Waals surface area (Å²) >= 11 is 4.27. The van der Waals surface area contributed by atoms with Crippen molar-refractivity contribution in [1.82, 2.24) is 15.3 Å². The Morgan fingerprint density at radius 3 is 3.05 bits per heavy atom. The molecular weight excluding hydrogens is 338 g/mol. The van der Waals surface area contributed by atoms with Crippen LogP contribution in [0.15, 0.2) is 38.9 Å². The van der Waals surface area contributed by atoms with Crippen LogP contribution in [0.5, 0.6) is 0 Å². The number of aromatic amines is 1. The molecule has 3 aromatic rings. The summed E-state index contributed by atoms with van der Waals surface area (Å²) in [6.07, 6.45) is 0. The largest absolute Gasteiger partial charge is 0.350 e. The van der Waals surface area contributed by atoms with E-state index in [9.17, 15) is 9.59 Å². The van der Waals surface area contributed by atoms with Crippen LogP contribution in [-0.4, -0.2) is 21.1 Å². The zero-order valence-electron chi connectivity index (χ0n) is 11.7. The molecule has 3 heterocycles. The van der Waals surface area contributed by atoms with Crippen molar-refractivity contribution < 1.29 is 4.79 Å². The minimum Gasteiger partial charge on any atom is -0.350 e. The van der Waals surface area contributed by atoms with Gasteiger partial charge in [-0.05, 0) is 29.8 Å². The summed E-state index contributed by atoms with van der Waals surface area (Å²) in [5.74, 6) is -0.0766. The second-order valence-corrected chi connectivity index (χ2v) is 7.82. The Labute approximate surface area is 138 Å². The molecular formula is C14H13N3O2S3. The number of hydrogen-bond donors (Lipinski definition) is 2. The lowest BCUT2D eigenvalue weighted by Gasteiger charge is -2.10. The van der Waals surface area contributed by atoms with Gasteiger partial charge in [0, 0.05) is 4.88 Å². The van der Waals surface area contributed by atoms with Crippen molar-refractivity contribution in [1.29, 1.82) is 0 Å². The zero-order chi connectivity index (χ0) is 15.5. The van der Waals surface area contributed by atoms with Gasteiger partial charge in [0.2, 0.25) is 5.91 Å². The van der Waals surface area contributed by atoms with Crippen LogP contribution in [-0.2, 0) is 11.3 Å². The summed E-state index contributed by atoms with van der Waals surface area (Å²) in [7, 11) is 0. The van der Waals surface area contributed by atoms with E-state index in [1.807, 2.05) is 22.9 Å². The number of amides is 1. The maximum Gasteiger partial charge on any atom is 0.260 e. The third kappa shape index (κ3) is 3.40. The van der Waals surface area contributed by atoms with E-state index in [-0.39, 0.29) is 16.7 Å². The fourth-order valence-electron chi connectivity index (χ4n) is 1.85. The highest BCUT2D eigenvalue weighted by Crippen LogP contribution is 2.22. The average molecular weight is 351 g/mol. The Hall–Kier alpha value is -1.64. The predicted octanol–water partition coefficient (Wildman–Crippen LogP) is 2.84. The van der Waals surface area contributed by atoms with Crippen LogP contribution in [0.25, 0.3) is 10.2 Å². The number of nitrogens with one attached hydrogen (secondary N) is 2. The molecule has 0 aromatic carbocycles. The van der Waals surface area contributed by atoms with E-state index >= 15 is 0 Å². The van der Waals surface area contributed by atoms with Crippen LogP contribution in [0.3, 0.4) is 0 Å². The Balaban J connectivity index is 1.65. The maximum absolute atomic E-state index is 12.1. The van der Waals surface area contributed by atoms with Gasteiger partial charge in [-0.2, -0.15) is 0 Å². The van der Waals surface area contributed by atoms with Gasteiger partial charge in [0.15, 0.2) is 5.16 Å². The molecule has 0 spiro atoms. The second-order valence-electron chi connectivity index (χ2n) is 4.57. The molecule has 0 aliphatic heterocycles. The number of fused-ring (bicyclic) bond motifs is 1. The van der Waals surface area contributed by atoms with Crippen LogP contribution in [0.1, 0.15) is 11.8 Å². The van der Waals surface area contributed by atoms with Gasteiger partial charge in [0.25, 0.3) is 5.56 Å². The monoisotopic (exact) mass is 351 g/mol. The number of hydrogen-bond acceptors (Lipinski definition) is 6. The van der Waals surface area contributed by atoms with E-state index in [1.54, 1.807) is 24.3 Å². The number of thioether (sulfide) groups is 1. The number of H-pyrrole nitrogens is 1. The standard InChI is InChI=1S/C14H13N3O2S3/c1-8(11(18)15-7-9-3-2-5-20-9)22-14-16-12(19)10-4-6-21-13(10)17-14/h2-6,8H,7H2,1H3,(H,15,18)(H,16,17,19). The first kappa shape index (κ1) is 15.3. The maximum atomic E-state index is 12.1. The normalized spacial score (nSPS) is 12.4. The van der Waals surface area contributed by atoms with Crippen LogP contribution >= 0.6 is 34.4 Å². The highest BCUT2D eigenvalue weighted by atomic mass is 32.2. The molecule has 0 saturated heterocycles. The molecule has 1 atom stereocenters. The van der Waals surface area contributed by atoms with Crippen LogP contribution in [0.2, 0.25) is 0 Å². The van der Waals surface area contributed by atoms with Gasteiger partial charge in [-0.25, -0.2) is 4.98 Å². The van der Waals surface area contributed by atoms with Crippen molar-refractivity contribution in [2.24, 2.45) is 0 Å². The Kier molecular flexibility index (Phi) is 4.60. The van der Waals surface area contributed by atoms with Crippen LogP contribution in [0, 0.1) is 0 Å². The van der Waals surface area contributed by atoms with Gasteiger partial charge in [-0.1, -0.05) is 17.8 Å². The fourth-order valence-corrected chi connectivity index (χ4v) is 4.14. The number of carbonyl (C=O) groups is 1. The smallest absolute Gasteiger partial charge is 0.260 e. The number of rotatable bonds is 5. The van der Waals surface area contributed by atoms with Crippen LogP contribution in [0.4, 0.5) is 0 Å². The van der Waals surface area contributed by atoms with E-state index in [1.165, 1.54) is 23.1 Å². The molecule has 8 heteroatoms. The molecule has 114 valence electrons. The minimum atomic E-state index is -0.333. The molecule has 0 radical (unpaired) electrons. The average Bonchev–Trinajstić information content (AvgIpc) is 3.15. The first-order valence-corrected chi connectivity index (χ1v) is 9.21. The Morgan fingerprint density at radius 2 is 2.27 bits per heavy atom. The van der Waals surface area contributed by atoms with Crippen LogP contribution < -0.4 is 10.9 Å². The number of aromatic nitrogens is 2. The summed E-state index contributed by atoms with van der Waals surface area (Å²) in [5, 5.41) is 7.42. The number of nitrogens with zero attached hydrogens (tertiary/aromatic N) is 1. The zero-order valence-corrected chi connectivity index (χ0v) is 14.1. The molecule has 3 aromatic heterocycles. The van der Waals surface area contributed by atoms with Crippen molar-refractivity contribution in [3.63, 3.8) is 0 Å². The summed E-state index contributed by atoms with van der Waals surface area (Å²) in [5.41, 5.74) is -0.167. The molecule has 22 heavy (non-hydrogen) atoms. The van der Waals surface area contributed by atoms with Gasteiger partial charge in [0.05, 0.1) is 17.2 Å². The van der Waals surface area contributed by atoms with E-state index in [0.717, 1.165) is 4.88 Å². The van der Waals surface area contributed by atoms with Gasteiger partial charge in [-0.15, -0.1) is 22.7 Å². The topological polar surface area (TPSA) is 74.8 Å². The van der Waals surface area contributed by atoms with E-state index in [2.05, 4.69) is 15.3 Å². The van der Waals surface area contributed by atoms with Gasteiger partial charge in [-0.3, -0.25) is 9.59 Å². The van der Waals surface area contributed by atoms with Gasteiger partial charge in [0.1, 0.15) is 4.83 Å². The third-order valence-corrected chi connectivity index (χ3v) is 5.65. The molecule has 0 saturated carbocycles. The van der Waals surface area contributed by atoms with Crippen molar-refractivity contribution in [2.75, 3.05) is 0 Å². The quantitative estimate of drug-likeness (QED) is 0.547. The molecule has 1 unspecified atom stereocenters. The third-order valence-electron chi connectivity index (χ3n) is 2.99. The van der Waals surface area contributed by atoms with Gasteiger partial charge >= 0.3 is 0 Å². The first-order chi connectivity index (χ1) is 10.6. The summed E-state index contributed by atoms with van der Waals surface area (Å²) in [6.45, 7) is 2.32. The van der Waals surface area contributed by atoms with E-state index in [4.69, 9.17) is 0 Å².